The molecule has 0 heterocycles. The van der Waals surface area contributed by atoms with Crippen LogP contribution in [0.4, 0.5) is 10.1 Å². The van der Waals surface area contributed by atoms with Crippen LogP contribution in [-0.4, -0.2) is 13.5 Å². The summed E-state index contributed by atoms with van der Waals surface area (Å²) in [5.41, 5.74) is 0.316. The summed E-state index contributed by atoms with van der Waals surface area (Å²) in [5, 5.41) is 8.97. The Labute approximate surface area is 124 Å². The van der Waals surface area contributed by atoms with E-state index in [2.05, 4.69) is 20.7 Å². The number of sulfonamides is 1. The van der Waals surface area contributed by atoms with Crippen molar-refractivity contribution in [3.63, 3.8) is 0 Å². The average Bonchev–Trinajstić information content (AvgIpc) is 2.38. The summed E-state index contributed by atoms with van der Waals surface area (Å²) >= 11 is 3.24. The maximum absolute atomic E-state index is 13.3. The molecular weight excluding hydrogens is 349 g/mol. The molecule has 7 heteroatoms. The molecule has 0 radical (unpaired) electrons. The third kappa shape index (κ3) is 3.36. The van der Waals surface area contributed by atoms with Crippen molar-refractivity contribution in [1.82, 2.24) is 0 Å². The Kier molecular flexibility index (Phi) is 4.42. The maximum Gasteiger partial charge on any atom is 0.261 e. The van der Waals surface area contributed by atoms with Crippen LogP contribution < -0.4 is 4.72 Å². The fraction of sp³-hybridized carbons (Fsp3) is 0.0769. The van der Waals surface area contributed by atoms with E-state index in [9.17, 15) is 12.8 Å². The van der Waals surface area contributed by atoms with Crippen molar-refractivity contribution in [3.05, 3.63) is 58.3 Å². The topological polar surface area (TPSA) is 66.4 Å². The van der Waals surface area contributed by atoms with Crippen molar-refractivity contribution < 1.29 is 17.9 Å². The van der Waals surface area contributed by atoms with Crippen molar-refractivity contribution in [1.29, 1.82) is 0 Å². The molecule has 4 nitrogen and oxygen atoms in total. The van der Waals surface area contributed by atoms with E-state index in [1.54, 1.807) is 24.3 Å². The summed E-state index contributed by atoms with van der Waals surface area (Å²) in [7, 11) is -3.83. The molecule has 2 rings (SSSR count). The molecule has 0 aliphatic rings. The Hall–Kier alpha value is -1.44. The lowest BCUT2D eigenvalue weighted by Gasteiger charge is -2.09. The lowest BCUT2D eigenvalue weighted by atomic mass is 10.2. The highest BCUT2D eigenvalue weighted by molar-refractivity contribution is 9.10. The van der Waals surface area contributed by atoms with E-state index in [0.717, 1.165) is 22.7 Å². The molecule has 0 saturated heterocycles. The first-order valence-electron chi connectivity index (χ1n) is 5.60. The highest BCUT2D eigenvalue weighted by atomic mass is 79.9. The fourth-order valence-electron chi connectivity index (χ4n) is 1.61. The zero-order valence-corrected chi connectivity index (χ0v) is 12.6. The van der Waals surface area contributed by atoms with Crippen molar-refractivity contribution in [2.75, 3.05) is 4.72 Å². The van der Waals surface area contributed by atoms with E-state index < -0.39 is 22.4 Å². The molecule has 0 aliphatic carbocycles. The van der Waals surface area contributed by atoms with Crippen LogP contribution >= 0.6 is 15.9 Å². The van der Waals surface area contributed by atoms with Crippen LogP contribution in [0, 0.1) is 5.82 Å². The summed E-state index contributed by atoms with van der Waals surface area (Å²) in [5.74, 6) is -0.645. The van der Waals surface area contributed by atoms with Crippen LogP contribution in [0.1, 0.15) is 5.56 Å². The Balaban J connectivity index is 2.35. The van der Waals surface area contributed by atoms with Crippen LogP contribution in [-0.2, 0) is 16.6 Å². The van der Waals surface area contributed by atoms with E-state index >= 15 is 0 Å². The first kappa shape index (κ1) is 15.0. The fourth-order valence-corrected chi connectivity index (χ4v) is 3.10. The number of anilines is 1. The number of benzene rings is 2. The minimum Gasteiger partial charge on any atom is -0.392 e. The van der Waals surface area contributed by atoms with Crippen molar-refractivity contribution in [2.45, 2.75) is 11.5 Å². The second-order valence-electron chi connectivity index (χ2n) is 4.03. The van der Waals surface area contributed by atoms with Gasteiger partial charge in [0.25, 0.3) is 10.0 Å². The van der Waals surface area contributed by atoms with E-state index in [4.69, 9.17) is 5.11 Å². The molecule has 0 aromatic heterocycles. The Morgan fingerprint density at radius 2 is 1.95 bits per heavy atom. The van der Waals surface area contributed by atoms with Crippen LogP contribution in [0.25, 0.3) is 0 Å². The van der Waals surface area contributed by atoms with Gasteiger partial charge in [-0.3, -0.25) is 4.72 Å². The molecule has 0 fully saturated rings. The van der Waals surface area contributed by atoms with Crippen molar-refractivity contribution >= 4 is 31.6 Å². The Morgan fingerprint density at radius 3 is 2.60 bits per heavy atom. The van der Waals surface area contributed by atoms with Crippen LogP contribution in [0.5, 0.6) is 0 Å². The minimum atomic E-state index is -3.83. The largest absolute Gasteiger partial charge is 0.392 e. The lowest BCUT2D eigenvalue weighted by Crippen LogP contribution is -2.13. The molecule has 0 amide bonds. The summed E-state index contributed by atoms with van der Waals surface area (Å²) < 4.78 is 40.7. The zero-order valence-electron chi connectivity index (χ0n) is 10.2. The minimum absolute atomic E-state index is 0.0675. The monoisotopic (exact) mass is 359 g/mol. The molecule has 0 aliphatic heterocycles. The van der Waals surface area contributed by atoms with Crippen LogP contribution in [0.3, 0.4) is 0 Å². The first-order chi connectivity index (χ1) is 9.42. The summed E-state index contributed by atoms with van der Waals surface area (Å²) in [4.78, 5) is -0.108. The Bertz CT molecular complexity index is 734. The second-order valence-corrected chi connectivity index (χ2v) is 6.63. The Morgan fingerprint density at radius 1 is 1.20 bits per heavy atom. The number of nitrogens with one attached hydrogen (secondary N) is 1. The van der Waals surface area contributed by atoms with Gasteiger partial charge in [-0.05, 0) is 36.4 Å². The van der Waals surface area contributed by atoms with Crippen LogP contribution in [0.15, 0.2) is 51.8 Å². The predicted molar refractivity (Wildman–Crippen MR) is 77.3 cm³/mol. The molecule has 2 aromatic carbocycles. The average molecular weight is 360 g/mol. The van der Waals surface area contributed by atoms with E-state index in [1.807, 2.05) is 0 Å². The van der Waals surface area contributed by atoms with E-state index in [1.165, 1.54) is 0 Å². The molecule has 20 heavy (non-hydrogen) atoms. The van der Waals surface area contributed by atoms with Gasteiger partial charge in [0.15, 0.2) is 0 Å². The van der Waals surface area contributed by atoms with Gasteiger partial charge >= 0.3 is 0 Å². The SMILES string of the molecule is O=S(=O)(Nc1cccc(Br)c1)c1ccc(F)c(CO)c1. The number of rotatable bonds is 4. The van der Waals surface area contributed by atoms with Crippen molar-refractivity contribution in [2.24, 2.45) is 0 Å². The van der Waals surface area contributed by atoms with Gasteiger partial charge in [-0.2, -0.15) is 0 Å². The predicted octanol–water partition coefficient (Wildman–Crippen LogP) is 2.88. The first-order valence-corrected chi connectivity index (χ1v) is 7.87. The molecule has 106 valence electrons. The number of aliphatic hydroxyl groups is 1. The highest BCUT2D eigenvalue weighted by Gasteiger charge is 2.16. The van der Waals surface area contributed by atoms with E-state index in [0.29, 0.717) is 5.69 Å². The highest BCUT2D eigenvalue weighted by Crippen LogP contribution is 2.21. The molecule has 0 atom stereocenters. The molecule has 0 saturated carbocycles. The molecule has 0 bridgehead atoms. The van der Waals surface area contributed by atoms with Gasteiger partial charge in [-0.25, -0.2) is 12.8 Å². The second kappa shape index (κ2) is 5.90. The van der Waals surface area contributed by atoms with Gasteiger partial charge in [0.1, 0.15) is 5.82 Å². The van der Waals surface area contributed by atoms with Gasteiger partial charge in [0.05, 0.1) is 11.5 Å². The zero-order chi connectivity index (χ0) is 14.8. The summed E-state index contributed by atoms with van der Waals surface area (Å²) in [6.45, 7) is -0.563. The van der Waals surface area contributed by atoms with Crippen LogP contribution in [0.2, 0.25) is 0 Å². The van der Waals surface area contributed by atoms with Gasteiger partial charge in [-0.1, -0.05) is 22.0 Å². The van der Waals surface area contributed by atoms with Gasteiger partial charge in [0.2, 0.25) is 0 Å². The normalized spacial score (nSPS) is 11.3. The molecule has 0 unspecified atom stereocenters. The number of hydrogen-bond acceptors (Lipinski definition) is 3. The summed E-state index contributed by atoms with van der Waals surface area (Å²) in [6.07, 6.45) is 0. The lowest BCUT2D eigenvalue weighted by molar-refractivity contribution is 0.275. The van der Waals surface area contributed by atoms with Gasteiger partial charge < -0.3 is 5.11 Å². The quantitative estimate of drug-likeness (QED) is 0.881. The maximum atomic E-state index is 13.3. The van der Waals surface area contributed by atoms with Gasteiger partial charge in [0, 0.05) is 15.7 Å². The molecule has 0 spiro atoms. The third-order valence-electron chi connectivity index (χ3n) is 2.57. The van der Waals surface area contributed by atoms with Crippen molar-refractivity contribution in [3.8, 4) is 0 Å². The van der Waals surface area contributed by atoms with E-state index in [-0.39, 0.29) is 10.5 Å². The smallest absolute Gasteiger partial charge is 0.261 e. The third-order valence-corrected chi connectivity index (χ3v) is 4.45. The van der Waals surface area contributed by atoms with Gasteiger partial charge in [-0.15, -0.1) is 0 Å². The molecule has 2 N–H and O–H groups in total. The molecule has 2 aromatic rings. The molecular formula is C13H11BrFNO3S. The summed E-state index contributed by atoms with van der Waals surface area (Å²) in [6, 6.07) is 9.92. The number of hydrogen-bond donors (Lipinski definition) is 2. The number of aliphatic hydroxyl groups excluding tert-OH is 1. The standard InChI is InChI=1S/C13H11BrFNO3S/c14-10-2-1-3-11(7-10)16-20(18,19)12-4-5-13(15)9(6-12)8-17/h1-7,16-17H,8H2. The number of halogens is 2.